The summed E-state index contributed by atoms with van der Waals surface area (Å²) < 4.78 is 6.78. The fourth-order valence-electron chi connectivity index (χ4n) is 2.43. The number of carbonyl (C=O) groups is 2. The summed E-state index contributed by atoms with van der Waals surface area (Å²) in [7, 11) is 0. The highest BCUT2D eigenvalue weighted by Crippen LogP contribution is 2.20. The molecule has 3 rings (SSSR count). The van der Waals surface area contributed by atoms with Gasteiger partial charge in [-0.05, 0) is 57.2 Å². The molecule has 1 heterocycles. The van der Waals surface area contributed by atoms with Gasteiger partial charge < -0.3 is 10.1 Å². The Kier molecular flexibility index (Phi) is 5.39. The Labute approximate surface area is 162 Å². The zero-order valence-corrected chi connectivity index (χ0v) is 15.8. The molecule has 0 aliphatic rings. The first-order valence-electron chi connectivity index (χ1n) is 8.67. The van der Waals surface area contributed by atoms with E-state index >= 15 is 0 Å². The van der Waals surface area contributed by atoms with Gasteiger partial charge in [-0.1, -0.05) is 12.1 Å². The van der Waals surface area contributed by atoms with Gasteiger partial charge >= 0.3 is 6.09 Å². The van der Waals surface area contributed by atoms with Crippen molar-refractivity contribution in [3.8, 4) is 5.69 Å². The standard InChI is InChI=1S/C20H21N5O3/c1-20(2,3)28-19(27)23-15-10-8-14(9-11-15)18(26)24-16-6-4-5-7-17(16)25-13-21-12-22-25/h4-13H,1-3H3,(H,23,27)(H,24,26). The van der Waals surface area contributed by atoms with Crippen LogP contribution in [0.3, 0.4) is 0 Å². The molecule has 0 fully saturated rings. The fourth-order valence-corrected chi connectivity index (χ4v) is 2.43. The number of aromatic nitrogens is 3. The molecule has 0 saturated carbocycles. The second-order valence-corrected chi connectivity index (χ2v) is 7.02. The molecule has 3 aromatic rings. The average molecular weight is 379 g/mol. The molecule has 0 spiro atoms. The lowest BCUT2D eigenvalue weighted by molar-refractivity contribution is 0.0636. The van der Waals surface area contributed by atoms with E-state index in [1.165, 1.54) is 6.33 Å². The molecule has 0 aliphatic heterocycles. The number of hydrogen-bond acceptors (Lipinski definition) is 5. The van der Waals surface area contributed by atoms with E-state index in [0.29, 0.717) is 22.6 Å². The molecule has 1 aromatic heterocycles. The van der Waals surface area contributed by atoms with E-state index in [9.17, 15) is 9.59 Å². The summed E-state index contributed by atoms with van der Waals surface area (Å²) in [6.45, 7) is 5.37. The van der Waals surface area contributed by atoms with E-state index in [0.717, 1.165) is 0 Å². The molecular formula is C20H21N5O3. The van der Waals surface area contributed by atoms with Crippen LogP contribution in [0.1, 0.15) is 31.1 Å². The molecule has 8 nitrogen and oxygen atoms in total. The molecule has 0 aliphatic carbocycles. The smallest absolute Gasteiger partial charge is 0.412 e. The average Bonchev–Trinajstić information content (AvgIpc) is 3.15. The van der Waals surface area contributed by atoms with Crippen LogP contribution in [0.5, 0.6) is 0 Å². The van der Waals surface area contributed by atoms with E-state index in [1.54, 1.807) is 62.1 Å². The summed E-state index contributed by atoms with van der Waals surface area (Å²) in [6.07, 6.45) is 2.43. The van der Waals surface area contributed by atoms with E-state index in [2.05, 4.69) is 20.7 Å². The molecule has 0 bridgehead atoms. The molecule has 2 aromatic carbocycles. The van der Waals surface area contributed by atoms with Crippen molar-refractivity contribution in [1.29, 1.82) is 0 Å². The maximum Gasteiger partial charge on any atom is 0.412 e. The lowest BCUT2D eigenvalue weighted by atomic mass is 10.2. The highest BCUT2D eigenvalue weighted by molar-refractivity contribution is 6.05. The Morgan fingerprint density at radius 2 is 1.71 bits per heavy atom. The molecule has 0 atom stereocenters. The second kappa shape index (κ2) is 7.91. The SMILES string of the molecule is CC(C)(C)OC(=O)Nc1ccc(C(=O)Nc2ccccc2-n2cncn2)cc1. The molecule has 144 valence electrons. The van der Waals surface area contributed by atoms with Gasteiger partial charge in [-0.3, -0.25) is 10.1 Å². The monoisotopic (exact) mass is 379 g/mol. The van der Waals surface area contributed by atoms with Gasteiger partial charge in [0.15, 0.2) is 0 Å². The van der Waals surface area contributed by atoms with Crippen molar-refractivity contribution < 1.29 is 14.3 Å². The predicted octanol–water partition coefficient (Wildman–Crippen LogP) is 3.87. The van der Waals surface area contributed by atoms with Crippen LogP contribution in [0.4, 0.5) is 16.2 Å². The zero-order chi connectivity index (χ0) is 20.1. The maximum atomic E-state index is 12.6. The number of hydrogen-bond donors (Lipinski definition) is 2. The van der Waals surface area contributed by atoms with Gasteiger partial charge in [0.05, 0.1) is 11.4 Å². The molecule has 0 unspecified atom stereocenters. The minimum Gasteiger partial charge on any atom is -0.444 e. The van der Waals surface area contributed by atoms with E-state index in [1.807, 2.05) is 18.2 Å². The fraction of sp³-hybridized carbons (Fsp3) is 0.200. The van der Waals surface area contributed by atoms with E-state index in [-0.39, 0.29) is 5.91 Å². The van der Waals surface area contributed by atoms with Crippen molar-refractivity contribution in [2.75, 3.05) is 10.6 Å². The van der Waals surface area contributed by atoms with Crippen LogP contribution in [0.2, 0.25) is 0 Å². The zero-order valence-electron chi connectivity index (χ0n) is 15.8. The summed E-state index contributed by atoms with van der Waals surface area (Å²) in [5.41, 5.74) is 1.71. The third kappa shape index (κ3) is 4.94. The van der Waals surface area contributed by atoms with Gasteiger partial charge in [0.25, 0.3) is 5.91 Å². The van der Waals surface area contributed by atoms with Crippen molar-refractivity contribution in [3.05, 3.63) is 66.7 Å². The predicted molar refractivity (Wildman–Crippen MR) is 106 cm³/mol. The number of benzene rings is 2. The van der Waals surface area contributed by atoms with Crippen LogP contribution in [-0.4, -0.2) is 32.4 Å². The Hall–Kier alpha value is -3.68. The molecule has 2 amide bonds. The Morgan fingerprint density at radius 1 is 1.00 bits per heavy atom. The van der Waals surface area contributed by atoms with Crippen molar-refractivity contribution >= 4 is 23.4 Å². The number of carbonyl (C=O) groups excluding carboxylic acids is 2. The van der Waals surface area contributed by atoms with Crippen molar-refractivity contribution in [2.24, 2.45) is 0 Å². The minimum atomic E-state index is -0.582. The number of para-hydroxylation sites is 2. The molecule has 8 heteroatoms. The normalized spacial score (nSPS) is 11.0. The molecule has 2 N–H and O–H groups in total. The minimum absolute atomic E-state index is 0.281. The first-order chi connectivity index (χ1) is 13.3. The Morgan fingerprint density at radius 3 is 2.36 bits per heavy atom. The number of amides is 2. The van der Waals surface area contributed by atoms with E-state index < -0.39 is 11.7 Å². The third-order valence-corrected chi connectivity index (χ3v) is 3.61. The third-order valence-electron chi connectivity index (χ3n) is 3.61. The summed E-state index contributed by atoms with van der Waals surface area (Å²) in [4.78, 5) is 28.3. The van der Waals surface area contributed by atoms with Gasteiger partial charge in [-0.2, -0.15) is 5.10 Å². The second-order valence-electron chi connectivity index (χ2n) is 7.02. The molecule has 0 saturated heterocycles. The van der Waals surface area contributed by atoms with Crippen LogP contribution in [0.15, 0.2) is 61.2 Å². The highest BCUT2D eigenvalue weighted by Gasteiger charge is 2.16. The van der Waals surface area contributed by atoms with Crippen LogP contribution in [0, 0.1) is 0 Å². The molecule has 28 heavy (non-hydrogen) atoms. The van der Waals surface area contributed by atoms with Gasteiger partial charge in [0, 0.05) is 11.3 Å². The number of nitrogens with zero attached hydrogens (tertiary/aromatic N) is 3. The van der Waals surface area contributed by atoms with Crippen molar-refractivity contribution in [1.82, 2.24) is 14.8 Å². The quantitative estimate of drug-likeness (QED) is 0.717. The van der Waals surface area contributed by atoms with Crippen LogP contribution >= 0.6 is 0 Å². The first-order valence-corrected chi connectivity index (χ1v) is 8.67. The van der Waals surface area contributed by atoms with Gasteiger partial charge in [0.1, 0.15) is 18.3 Å². The van der Waals surface area contributed by atoms with Crippen LogP contribution in [-0.2, 0) is 4.74 Å². The summed E-state index contributed by atoms with van der Waals surface area (Å²) in [5.74, 6) is -0.281. The molecule has 0 radical (unpaired) electrons. The van der Waals surface area contributed by atoms with Crippen LogP contribution in [0.25, 0.3) is 5.69 Å². The Bertz CT molecular complexity index is 960. The summed E-state index contributed by atoms with van der Waals surface area (Å²) >= 11 is 0. The highest BCUT2D eigenvalue weighted by atomic mass is 16.6. The van der Waals surface area contributed by atoms with Crippen LogP contribution < -0.4 is 10.6 Å². The largest absolute Gasteiger partial charge is 0.444 e. The first kappa shape index (κ1) is 19.1. The summed E-state index contributed by atoms with van der Waals surface area (Å²) in [5, 5.41) is 9.59. The van der Waals surface area contributed by atoms with Crippen molar-refractivity contribution in [2.45, 2.75) is 26.4 Å². The van der Waals surface area contributed by atoms with E-state index in [4.69, 9.17) is 4.74 Å². The topological polar surface area (TPSA) is 98.1 Å². The van der Waals surface area contributed by atoms with Gasteiger partial charge in [0.2, 0.25) is 0 Å². The number of rotatable bonds is 4. The van der Waals surface area contributed by atoms with Gasteiger partial charge in [-0.15, -0.1) is 0 Å². The van der Waals surface area contributed by atoms with Crippen molar-refractivity contribution in [3.63, 3.8) is 0 Å². The maximum absolute atomic E-state index is 12.6. The van der Waals surface area contributed by atoms with Gasteiger partial charge in [-0.25, -0.2) is 14.5 Å². The lowest BCUT2D eigenvalue weighted by Gasteiger charge is -2.19. The number of ether oxygens (including phenoxy) is 1. The molecular weight excluding hydrogens is 358 g/mol. The lowest BCUT2D eigenvalue weighted by Crippen LogP contribution is -2.27. The Balaban J connectivity index is 1.69. The summed E-state index contributed by atoms with van der Waals surface area (Å²) in [6, 6.07) is 13.8. The number of nitrogens with one attached hydrogen (secondary N) is 2. The number of anilines is 2.